The highest BCUT2D eigenvalue weighted by Gasteiger charge is 2.21. The Morgan fingerprint density at radius 2 is 2.08 bits per heavy atom. The number of imidazole rings is 1. The van der Waals surface area contributed by atoms with E-state index < -0.39 is 0 Å². The Hall–Kier alpha value is -0.870. The Morgan fingerprint density at radius 3 is 2.73 bits per heavy atom. The fourth-order valence-corrected chi connectivity index (χ4v) is 2.97. The smallest absolute Gasteiger partial charge is 0.193 e. The van der Waals surface area contributed by atoms with Crippen LogP contribution in [0.5, 0.6) is 0 Å². The van der Waals surface area contributed by atoms with Crippen LogP contribution in [-0.4, -0.2) is 73.0 Å². The molecule has 0 atom stereocenters. The molecular formula is C18H34IN5O2. The number of halogens is 1. The van der Waals surface area contributed by atoms with Gasteiger partial charge in [-0.25, -0.2) is 4.98 Å². The second-order valence-corrected chi connectivity index (χ2v) is 6.29. The van der Waals surface area contributed by atoms with Crippen LogP contribution in [0.2, 0.25) is 0 Å². The van der Waals surface area contributed by atoms with Crippen molar-refractivity contribution in [2.75, 3.05) is 46.5 Å². The number of nitrogens with one attached hydrogen (secondary N) is 1. The van der Waals surface area contributed by atoms with Crippen molar-refractivity contribution in [3.8, 4) is 0 Å². The van der Waals surface area contributed by atoms with Crippen LogP contribution >= 0.6 is 24.0 Å². The van der Waals surface area contributed by atoms with E-state index in [0.29, 0.717) is 6.10 Å². The van der Waals surface area contributed by atoms with Crippen molar-refractivity contribution in [1.82, 2.24) is 19.8 Å². The molecule has 1 saturated heterocycles. The van der Waals surface area contributed by atoms with Crippen molar-refractivity contribution in [3.63, 3.8) is 0 Å². The van der Waals surface area contributed by atoms with E-state index in [1.54, 1.807) is 7.11 Å². The number of ether oxygens (including phenoxy) is 2. The number of piperidine rings is 1. The number of likely N-dealkylation sites (tertiary alicyclic amines) is 1. The van der Waals surface area contributed by atoms with Gasteiger partial charge in [-0.2, -0.15) is 0 Å². The van der Waals surface area contributed by atoms with Gasteiger partial charge in [0.2, 0.25) is 0 Å². The van der Waals surface area contributed by atoms with E-state index in [2.05, 4.69) is 26.7 Å². The first kappa shape index (κ1) is 23.2. The number of rotatable bonds is 10. The Kier molecular flexibility index (Phi) is 12.7. The molecule has 2 heterocycles. The molecule has 8 heteroatoms. The van der Waals surface area contributed by atoms with E-state index in [1.165, 1.54) is 0 Å². The summed E-state index contributed by atoms with van der Waals surface area (Å²) in [5, 5.41) is 3.42. The van der Waals surface area contributed by atoms with Gasteiger partial charge in [0, 0.05) is 65.4 Å². The molecule has 150 valence electrons. The van der Waals surface area contributed by atoms with Crippen molar-refractivity contribution in [3.05, 3.63) is 18.7 Å². The second kappa shape index (κ2) is 14.2. The summed E-state index contributed by atoms with van der Waals surface area (Å²) in [6.07, 6.45) is 10.1. The van der Waals surface area contributed by atoms with Crippen LogP contribution in [0.1, 0.15) is 32.6 Å². The number of aromatic nitrogens is 2. The van der Waals surface area contributed by atoms with Gasteiger partial charge in [-0.1, -0.05) is 0 Å². The molecule has 0 saturated carbocycles. The van der Waals surface area contributed by atoms with Crippen LogP contribution in [0.4, 0.5) is 0 Å². The molecule has 1 aliphatic rings. The average Bonchev–Trinajstić information content (AvgIpc) is 3.15. The Balaban J connectivity index is 0.00000338. The van der Waals surface area contributed by atoms with Crippen molar-refractivity contribution in [2.45, 2.75) is 45.3 Å². The summed E-state index contributed by atoms with van der Waals surface area (Å²) in [6, 6.07) is 0. The van der Waals surface area contributed by atoms with Crippen LogP contribution in [0.3, 0.4) is 0 Å². The van der Waals surface area contributed by atoms with E-state index in [-0.39, 0.29) is 24.0 Å². The second-order valence-electron chi connectivity index (χ2n) is 6.29. The molecule has 0 amide bonds. The predicted molar refractivity (Wildman–Crippen MR) is 115 cm³/mol. The summed E-state index contributed by atoms with van der Waals surface area (Å²) in [7, 11) is 1.73. The lowest BCUT2D eigenvalue weighted by molar-refractivity contribution is 0.00990. The van der Waals surface area contributed by atoms with Gasteiger partial charge in [0.25, 0.3) is 0 Å². The van der Waals surface area contributed by atoms with Crippen molar-refractivity contribution in [1.29, 1.82) is 0 Å². The van der Waals surface area contributed by atoms with Gasteiger partial charge in [-0.3, -0.25) is 4.99 Å². The van der Waals surface area contributed by atoms with Gasteiger partial charge in [0.1, 0.15) is 0 Å². The largest absolute Gasteiger partial charge is 0.385 e. The molecule has 1 aromatic rings. The van der Waals surface area contributed by atoms with E-state index in [9.17, 15) is 0 Å². The summed E-state index contributed by atoms with van der Waals surface area (Å²) >= 11 is 0. The molecule has 0 aliphatic carbocycles. The molecule has 0 bridgehead atoms. The van der Waals surface area contributed by atoms with Gasteiger partial charge >= 0.3 is 0 Å². The van der Waals surface area contributed by atoms with Gasteiger partial charge in [0.15, 0.2) is 5.96 Å². The van der Waals surface area contributed by atoms with Crippen molar-refractivity contribution in [2.24, 2.45) is 4.99 Å². The molecule has 1 fully saturated rings. The van der Waals surface area contributed by atoms with Gasteiger partial charge in [-0.05, 0) is 32.6 Å². The monoisotopic (exact) mass is 479 g/mol. The average molecular weight is 479 g/mol. The van der Waals surface area contributed by atoms with E-state index >= 15 is 0 Å². The zero-order chi connectivity index (χ0) is 17.7. The highest BCUT2D eigenvalue weighted by molar-refractivity contribution is 14.0. The minimum absolute atomic E-state index is 0. The first-order valence-electron chi connectivity index (χ1n) is 9.43. The van der Waals surface area contributed by atoms with Gasteiger partial charge < -0.3 is 24.3 Å². The van der Waals surface area contributed by atoms with Gasteiger partial charge in [-0.15, -0.1) is 24.0 Å². The predicted octanol–water partition coefficient (Wildman–Crippen LogP) is 2.37. The van der Waals surface area contributed by atoms with Crippen LogP contribution in [-0.2, 0) is 16.0 Å². The third-order valence-electron chi connectivity index (χ3n) is 4.32. The van der Waals surface area contributed by atoms with Gasteiger partial charge in [0.05, 0.1) is 12.4 Å². The first-order valence-corrected chi connectivity index (χ1v) is 9.43. The highest BCUT2D eigenvalue weighted by atomic mass is 127. The molecular weight excluding hydrogens is 445 g/mol. The normalized spacial score (nSPS) is 15.8. The number of aliphatic imine (C=N–C) groups is 1. The summed E-state index contributed by atoms with van der Waals surface area (Å²) in [5.74, 6) is 1.03. The molecule has 0 spiro atoms. The third-order valence-corrected chi connectivity index (χ3v) is 4.32. The van der Waals surface area contributed by atoms with Crippen LogP contribution in [0.25, 0.3) is 0 Å². The van der Waals surface area contributed by atoms with E-state index in [0.717, 1.165) is 77.6 Å². The van der Waals surface area contributed by atoms with Crippen molar-refractivity contribution < 1.29 is 9.47 Å². The molecule has 7 nitrogen and oxygen atoms in total. The van der Waals surface area contributed by atoms with Crippen LogP contribution < -0.4 is 5.32 Å². The molecule has 0 radical (unpaired) electrons. The zero-order valence-corrected chi connectivity index (χ0v) is 18.4. The number of guanidine groups is 1. The van der Waals surface area contributed by atoms with Crippen LogP contribution in [0, 0.1) is 0 Å². The van der Waals surface area contributed by atoms with Crippen molar-refractivity contribution >= 4 is 29.9 Å². The maximum atomic E-state index is 5.94. The number of methoxy groups -OCH3 is 1. The summed E-state index contributed by atoms with van der Waals surface area (Å²) in [5.41, 5.74) is 0. The molecule has 0 aromatic carbocycles. The molecule has 26 heavy (non-hydrogen) atoms. The molecule has 2 rings (SSSR count). The Morgan fingerprint density at radius 1 is 1.27 bits per heavy atom. The van der Waals surface area contributed by atoms with Crippen LogP contribution in [0.15, 0.2) is 23.7 Å². The summed E-state index contributed by atoms with van der Waals surface area (Å²) in [4.78, 5) is 11.2. The topological polar surface area (TPSA) is 63.9 Å². The number of nitrogens with zero attached hydrogens (tertiary/aromatic N) is 4. The quantitative estimate of drug-likeness (QED) is 0.242. The lowest BCUT2D eigenvalue weighted by Gasteiger charge is -2.34. The fourth-order valence-electron chi connectivity index (χ4n) is 2.97. The maximum absolute atomic E-state index is 5.94. The lowest BCUT2D eigenvalue weighted by Crippen LogP contribution is -2.47. The highest BCUT2D eigenvalue weighted by Crippen LogP contribution is 2.14. The summed E-state index contributed by atoms with van der Waals surface area (Å²) < 4.78 is 13.1. The molecule has 1 aliphatic heterocycles. The SMILES string of the molecule is CCNC(=NCCCn1ccnc1)N1CCC(OCCCOC)CC1.I. The molecule has 1 N–H and O–H groups in total. The molecule has 1 aromatic heterocycles. The lowest BCUT2D eigenvalue weighted by atomic mass is 10.1. The maximum Gasteiger partial charge on any atom is 0.193 e. The van der Waals surface area contributed by atoms with E-state index in [1.807, 2.05) is 18.7 Å². The number of hydrogen-bond donors (Lipinski definition) is 1. The Labute approximate surface area is 174 Å². The summed E-state index contributed by atoms with van der Waals surface area (Å²) in [6.45, 7) is 8.37. The fraction of sp³-hybridized carbons (Fsp3) is 0.778. The molecule has 0 unspecified atom stereocenters. The zero-order valence-electron chi connectivity index (χ0n) is 16.1. The minimum Gasteiger partial charge on any atom is -0.385 e. The Bertz CT molecular complexity index is 476. The number of hydrogen-bond acceptors (Lipinski definition) is 4. The third kappa shape index (κ3) is 8.68. The number of aryl methyl sites for hydroxylation is 1. The van der Waals surface area contributed by atoms with E-state index in [4.69, 9.17) is 14.5 Å². The standard InChI is InChI=1S/C18H33N5O2.HI/c1-3-20-18(21-8-4-10-22-13-9-19-16-22)23-11-6-17(7-12-23)25-15-5-14-24-2;/h9,13,16-17H,3-8,10-12,14-15H2,1-2H3,(H,20,21);1H. The first-order chi connectivity index (χ1) is 12.3. The minimum atomic E-state index is 0.